The van der Waals surface area contributed by atoms with E-state index in [1.54, 1.807) is 17.1 Å². The number of hydrogen-bond donors (Lipinski definition) is 0. The van der Waals surface area contributed by atoms with E-state index in [0.717, 1.165) is 22.9 Å². The molecular formula is C23H24F2N6O2Si. The van der Waals surface area contributed by atoms with Crippen molar-refractivity contribution in [3.63, 3.8) is 0 Å². The summed E-state index contributed by atoms with van der Waals surface area (Å²) in [5.41, 5.74) is 0.772. The van der Waals surface area contributed by atoms with Crippen LogP contribution in [0.15, 0.2) is 36.8 Å². The fourth-order valence-corrected chi connectivity index (χ4v) is 4.26. The molecule has 0 amide bonds. The van der Waals surface area contributed by atoms with Crippen LogP contribution in [0.3, 0.4) is 0 Å². The lowest BCUT2D eigenvalue weighted by Crippen LogP contribution is -2.22. The van der Waals surface area contributed by atoms with Gasteiger partial charge in [0.25, 0.3) is 0 Å². The van der Waals surface area contributed by atoms with Gasteiger partial charge in [0.15, 0.2) is 11.6 Å². The summed E-state index contributed by atoms with van der Waals surface area (Å²) < 4.78 is 43.2. The minimum atomic E-state index is -1.21. The second kappa shape index (κ2) is 9.32. The molecule has 0 unspecified atom stereocenters. The quantitative estimate of drug-likeness (QED) is 0.266. The minimum absolute atomic E-state index is 0.0966. The van der Waals surface area contributed by atoms with Gasteiger partial charge in [0.1, 0.15) is 24.2 Å². The molecule has 176 valence electrons. The highest BCUT2D eigenvalue weighted by atomic mass is 28.3. The Kier molecular flexibility index (Phi) is 6.45. The maximum atomic E-state index is 14.7. The van der Waals surface area contributed by atoms with E-state index in [9.17, 15) is 14.0 Å². The molecule has 0 spiro atoms. The van der Waals surface area contributed by atoms with Gasteiger partial charge in [-0.2, -0.15) is 15.5 Å². The van der Waals surface area contributed by atoms with Crippen molar-refractivity contribution in [2.45, 2.75) is 32.4 Å². The summed E-state index contributed by atoms with van der Waals surface area (Å²) >= 11 is 0. The molecule has 0 aliphatic carbocycles. The summed E-state index contributed by atoms with van der Waals surface area (Å²) in [6.07, 6.45) is 4.58. The highest BCUT2D eigenvalue weighted by Crippen LogP contribution is 2.37. The van der Waals surface area contributed by atoms with E-state index >= 15 is 0 Å². The average Bonchev–Trinajstić information content (AvgIpc) is 3.41. The molecule has 3 aromatic heterocycles. The van der Waals surface area contributed by atoms with Gasteiger partial charge in [0, 0.05) is 26.4 Å². The normalized spacial score (nSPS) is 11.7. The van der Waals surface area contributed by atoms with E-state index in [1.807, 2.05) is 6.07 Å². The second-order valence-corrected chi connectivity index (χ2v) is 14.6. The number of nitrogens with zero attached hydrogens (tertiary/aromatic N) is 6. The number of fused-ring (bicyclic) bond motifs is 1. The molecule has 4 aromatic rings. The van der Waals surface area contributed by atoms with E-state index in [2.05, 4.69) is 34.8 Å². The summed E-state index contributed by atoms with van der Waals surface area (Å²) in [4.78, 5) is 4.19. The summed E-state index contributed by atoms with van der Waals surface area (Å²) in [6.45, 7) is 7.72. The predicted molar refractivity (Wildman–Crippen MR) is 125 cm³/mol. The average molecular weight is 483 g/mol. The fraction of sp³-hybridized carbons (Fsp3) is 0.304. The number of rotatable bonds is 8. The van der Waals surface area contributed by atoms with E-state index in [1.165, 1.54) is 19.4 Å². The zero-order valence-electron chi connectivity index (χ0n) is 19.3. The van der Waals surface area contributed by atoms with Crippen molar-refractivity contribution in [3.05, 3.63) is 54.0 Å². The van der Waals surface area contributed by atoms with Crippen molar-refractivity contribution in [2.24, 2.45) is 0 Å². The highest BCUT2D eigenvalue weighted by molar-refractivity contribution is 6.76. The summed E-state index contributed by atoms with van der Waals surface area (Å²) in [7, 11) is 0.217. The number of halogens is 2. The van der Waals surface area contributed by atoms with Crippen molar-refractivity contribution in [3.8, 4) is 28.9 Å². The van der Waals surface area contributed by atoms with Crippen molar-refractivity contribution in [2.75, 3.05) is 13.7 Å². The number of ether oxygens (including phenoxy) is 2. The lowest BCUT2D eigenvalue weighted by Gasteiger charge is -2.15. The predicted octanol–water partition coefficient (Wildman–Crippen LogP) is 4.75. The molecule has 0 saturated heterocycles. The van der Waals surface area contributed by atoms with Gasteiger partial charge in [-0.05, 0) is 18.2 Å². The summed E-state index contributed by atoms with van der Waals surface area (Å²) in [5, 5.41) is 18.8. The first kappa shape index (κ1) is 23.5. The molecule has 0 saturated carbocycles. The fourth-order valence-electron chi connectivity index (χ4n) is 3.50. The monoisotopic (exact) mass is 482 g/mol. The smallest absolute Gasteiger partial charge is 0.225 e. The Hall–Kier alpha value is -3.62. The molecule has 8 nitrogen and oxygen atoms in total. The molecule has 0 bridgehead atoms. The molecule has 34 heavy (non-hydrogen) atoms. The lowest BCUT2D eigenvalue weighted by molar-refractivity contribution is 0.0786. The van der Waals surface area contributed by atoms with Gasteiger partial charge < -0.3 is 9.47 Å². The van der Waals surface area contributed by atoms with Gasteiger partial charge in [-0.3, -0.25) is 0 Å². The maximum absolute atomic E-state index is 14.7. The van der Waals surface area contributed by atoms with Gasteiger partial charge in [-0.25, -0.2) is 23.1 Å². The lowest BCUT2D eigenvalue weighted by atomic mass is 10.1. The third-order valence-corrected chi connectivity index (χ3v) is 6.96. The zero-order valence-corrected chi connectivity index (χ0v) is 20.3. The van der Waals surface area contributed by atoms with Gasteiger partial charge in [0.2, 0.25) is 5.88 Å². The molecule has 1 aromatic carbocycles. The Morgan fingerprint density at radius 3 is 2.53 bits per heavy atom. The SMILES string of the molecule is COc1ncc(C#N)c2c1c(-c1cnn(COCC[Si](C)(C)C)c1)nn2-c1c(F)cccc1F. The van der Waals surface area contributed by atoms with Crippen LogP contribution in [0.25, 0.3) is 27.8 Å². The summed E-state index contributed by atoms with van der Waals surface area (Å²) in [6, 6.07) is 6.58. The Bertz CT molecular complexity index is 1370. The van der Waals surface area contributed by atoms with Crippen LogP contribution in [-0.4, -0.2) is 46.3 Å². The number of nitriles is 1. The van der Waals surface area contributed by atoms with Crippen molar-refractivity contribution >= 4 is 19.0 Å². The Labute approximate surface area is 196 Å². The van der Waals surface area contributed by atoms with Crippen LogP contribution in [0.4, 0.5) is 8.78 Å². The van der Waals surface area contributed by atoms with Gasteiger partial charge in [-0.15, -0.1) is 0 Å². The third kappa shape index (κ3) is 4.55. The maximum Gasteiger partial charge on any atom is 0.225 e. The van der Waals surface area contributed by atoms with Crippen LogP contribution in [0, 0.1) is 23.0 Å². The van der Waals surface area contributed by atoms with E-state index < -0.39 is 25.4 Å². The van der Waals surface area contributed by atoms with Gasteiger partial charge in [-0.1, -0.05) is 25.7 Å². The van der Waals surface area contributed by atoms with Crippen LogP contribution < -0.4 is 4.74 Å². The van der Waals surface area contributed by atoms with Crippen LogP contribution >= 0.6 is 0 Å². The van der Waals surface area contributed by atoms with Crippen molar-refractivity contribution in [1.29, 1.82) is 5.26 Å². The molecule has 0 fully saturated rings. The zero-order chi connectivity index (χ0) is 24.5. The van der Waals surface area contributed by atoms with Crippen molar-refractivity contribution < 1.29 is 18.3 Å². The van der Waals surface area contributed by atoms with E-state index in [0.29, 0.717) is 23.3 Å². The van der Waals surface area contributed by atoms with E-state index in [-0.39, 0.29) is 23.7 Å². The number of benzene rings is 1. The van der Waals surface area contributed by atoms with Crippen LogP contribution in [0.2, 0.25) is 25.7 Å². The molecule has 0 atom stereocenters. The number of para-hydroxylation sites is 1. The summed E-state index contributed by atoms with van der Waals surface area (Å²) in [5.74, 6) is -1.46. The Balaban J connectivity index is 1.82. The third-order valence-electron chi connectivity index (χ3n) is 5.26. The highest BCUT2D eigenvalue weighted by Gasteiger charge is 2.25. The first-order chi connectivity index (χ1) is 16.2. The van der Waals surface area contributed by atoms with Crippen LogP contribution in [0.5, 0.6) is 5.88 Å². The molecule has 4 rings (SSSR count). The molecule has 0 aliphatic heterocycles. The molecule has 3 heterocycles. The number of hydrogen-bond acceptors (Lipinski definition) is 6. The Morgan fingerprint density at radius 2 is 1.88 bits per heavy atom. The Morgan fingerprint density at radius 1 is 1.15 bits per heavy atom. The molecule has 11 heteroatoms. The molecule has 0 N–H and O–H groups in total. The van der Waals surface area contributed by atoms with Gasteiger partial charge >= 0.3 is 0 Å². The van der Waals surface area contributed by atoms with Gasteiger partial charge in [0.05, 0.1) is 36.0 Å². The van der Waals surface area contributed by atoms with E-state index in [4.69, 9.17) is 9.47 Å². The first-order valence-corrected chi connectivity index (χ1v) is 14.3. The molecule has 0 aliphatic rings. The second-order valence-electron chi connectivity index (χ2n) is 8.96. The van der Waals surface area contributed by atoms with Crippen LogP contribution in [0.1, 0.15) is 5.56 Å². The first-order valence-electron chi connectivity index (χ1n) is 10.6. The van der Waals surface area contributed by atoms with Crippen LogP contribution in [-0.2, 0) is 11.5 Å². The topological polar surface area (TPSA) is 90.8 Å². The standard InChI is InChI=1S/C23H24F2N6O2Si/c1-32-23-19-20(16-12-28-30(13-16)14-33-8-9-34(2,3)4)29-31(21(19)15(10-26)11-27-23)22-17(24)6-5-7-18(22)25/h5-7,11-13H,8-9,14H2,1-4H3. The molecular weight excluding hydrogens is 458 g/mol. The number of aromatic nitrogens is 5. The largest absolute Gasteiger partial charge is 0.480 e. The number of pyridine rings is 1. The van der Waals surface area contributed by atoms with Crippen molar-refractivity contribution in [1.82, 2.24) is 24.5 Å². The molecule has 0 radical (unpaired) electrons. The minimum Gasteiger partial charge on any atom is -0.480 e. The number of methoxy groups -OCH3 is 1.